The molecule has 5 heteroatoms. The molecular formula is C13H20FN3O. The van der Waals surface area contributed by atoms with E-state index in [-0.39, 0.29) is 5.92 Å². The molecule has 2 unspecified atom stereocenters. The first-order valence-corrected chi connectivity index (χ1v) is 6.45. The molecule has 2 heterocycles. The number of piperidine rings is 1. The summed E-state index contributed by atoms with van der Waals surface area (Å²) in [5.41, 5.74) is -0.456. The highest BCUT2D eigenvalue weighted by Crippen LogP contribution is 2.39. The van der Waals surface area contributed by atoms with Gasteiger partial charge in [0.15, 0.2) is 0 Å². The molecule has 0 bridgehead atoms. The number of nitrogens with one attached hydrogen (secondary N) is 1. The van der Waals surface area contributed by atoms with Crippen LogP contribution in [0.3, 0.4) is 0 Å². The molecule has 0 amide bonds. The quantitative estimate of drug-likeness (QED) is 0.892. The highest BCUT2D eigenvalue weighted by molar-refractivity contribution is 5.17. The molecule has 0 radical (unpaired) electrons. The Morgan fingerprint density at radius 1 is 1.50 bits per heavy atom. The fourth-order valence-corrected chi connectivity index (χ4v) is 2.60. The molecule has 100 valence electrons. The van der Waals surface area contributed by atoms with Crippen LogP contribution < -0.4 is 10.1 Å². The SMILES string of the molecule is CCCC1(F)CCNCC1c1cnc(OC)cn1. The number of hydrogen-bond acceptors (Lipinski definition) is 4. The monoisotopic (exact) mass is 253 g/mol. The molecule has 0 aromatic carbocycles. The van der Waals surface area contributed by atoms with Gasteiger partial charge in [-0.05, 0) is 19.4 Å². The number of ether oxygens (including phenoxy) is 1. The van der Waals surface area contributed by atoms with E-state index < -0.39 is 5.67 Å². The second kappa shape index (κ2) is 5.61. The number of halogens is 1. The van der Waals surface area contributed by atoms with Crippen molar-refractivity contribution in [1.82, 2.24) is 15.3 Å². The minimum absolute atomic E-state index is 0.218. The van der Waals surface area contributed by atoms with Crippen molar-refractivity contribution in [1.29, 1.82) is 0 Å². The van der Waals surface area contributed by atoms with Gasteiger partial charge < -0.3 is 10.1 Å². The molecule has 1 N–H and O–H groups in total. The van der Waals surface area contributed by atoms with Gasteiger partial charge in [-0.25, -0.2) is 9.37 Å². The van der Waals surface area contributed by atoms with E-state index in [0.29, 0.717) is 31.0 Å². The summed E-state index contributed by atoms with van der Waals surface area (Å²) >= 11 is 0. The summed E-state index contributed by atoms with van der Waals surface area (Å²) in [5.74, 6) is 0.243. The van der Waals surface area contributed by atoms with Crippen LogP contribution in [0.4, 0.5) is 4.39 Å². The minimum atomic E-state index is -1.16. The Bertz CT molecular complexity index is 380. The molecule has 0 aliphatic carbocycles. The molecular weight excluding hydrogens is 233 g/mol. The maximum absolute atomic E-state index is 15.0. The van der Waals surface area contributed by atoms with Crippen molar-refractivity contribution in [3.05, 3.63) is 18.1 Å². The third kappa shape index (κ3) is 2.61. The molecule has 1 saturated heterocycles. The topological polar surface area (TPSA) is 47.0 Å². The van der Waals surface area contributed by atoms with Crippen LogP contribution >= 0.6 is 0 Å². The largest absolute Gasteiger partial charge is 0.480 e. The lowest BCUT2D eigenvalue weighted by molar-refractivity contribution is 0.0751. The van der Waals surface area contributed by atoms with Crippen molar-refractivity contribution in [3.8, 4) is 5.88 Å². The van der Waals surface area contributed by atoms with Crippen molar-refractivity contribution in [2.24, 2.45) is 0 Å². The van der Waals surface area contributed by atoms with E-state index in [1.54, 1.807) is 19.5 Å². The van der Waals surface area contributed by atoms with Gasteiger partial charge in [0.2, 0.25) is 5.88 Å². The Morgan fingerprint density at radius 3 is 2.94 bits per heavy atom. The zero-order valence-electron chi connectivity index (χ0n) is 10.9. The predicted molar refractivity (Wildman–Crippen MR) is 67.6 cm³/mol. The summed E-state index contributed by atoms with van der Waals surface area (Å²) in [6.07, 6.45) is 5.14. The lowest BCUT2D eigenvalue weighted by atomic mass is 9.78. The summed E-state index contributed by atoms with van der Waals surface area (Å²) in [6, 6.07) is 0. The van der Waals surface area contributed by atoms with Gasteiger partial charge in [0.05, 0.1) is 25.2 Å². The second-order valence-electron chi connectivity index (χ2n) is 4.77. The van der Waals surface area contributed by atoms with E-state index >= 15 is 0 Å². The van der Waals surface area contributed by atoms with Crippen molar-refractivity contribution in [3.63, 3.8) is 0 Å². The van der Waals surface area contributed by atoms with E-state index in [4.69, 9.17) is 4.74 Å². The maximum Gasteiger partial charge on any atom is 0.231 e. The minimum Gasteiger partial charge on any atom is -0.480 e. The molecule has 18 heavy (non-hydrogen) atoms. The first kappa shape index (κ1) is 13.2. The molecule has 0 saturated carbocycles. The summed E-state index contributed by atoms with van der Waals surface area (Å²) in [7, 11) is 1.54. The zero-order valence-corrected chi connectivity index (χ0v) is 10.9. The second-order valence-corrected chi connectivity index (χ2v) is 4.77. The molecule has 4 nitrogen and oxygen atoms in total. The van der Waals surface area contributed by atoms with Crippen LogP contribution in [-0.2, 0) is 0 Å². The summed E-state index contributed by atoms with van der Waals surface area (Å²) in [5, 5.41) is 3.24. The fourth-order valence-electron chi connectivity index (χ4n) is 2.60. The van der Waals surface area contributed by atoms with Gasteiger partial charge in [-0.3, -0.25) is 4.98 Å². The van der Waals surface area contributed by atoms with E-state index in [1.807, 2.05) is 6.92 Å². The number of nitrogens with zero attached hydrogens (tertiary/aromatic N) is 2. The Kier molecular flexibility index (Phi) is 4.11. The molecule has 1 aromatic heterocycles. The van der Waals surface area contributed by atoms with Gasteiger partial charge in [-0.15, -0.1) is 0 Å². The Labute approximate surface area is 107 Å². The van der Waals surface area contributed by atoms with Gasteiger partial charge in [-0.2, -0.15) is 0 Å². The average Bonchev–Trinajstić information content (AvgIpc) is 2.39. The molecule has 1 aliphatic heterocycles. The van der Waals surface area contributed by atoms with Crippen LogP contribution in [0.15, 0.2) is 12.4 Å². The van der Waals surface area contributed by atoms with Crippen molar-refractivity contribution >= 4 is 0 Å². The van der Waals surface area contributed by atoms with E-state index in [9.17, 15) is 4.39 Å². The lowest BCUT2D eigenvalue weighted by Crippen LogP contribution is -2.46. The third-order valence-electron chi connectivity index (χ3n) is 3.57. The van der Waals surface area contributed by atoms with Crippen molar-refractivity contribution in [2.75, 3.05) is 20.2 Å². The number of aromatic nitrogens is 2. The average molecular weight is 253 g/mol. The van der Waals surface area contributed by atoms with Gasteiger partial charge in [0.1, 0.15) is 5.67 Å². The molecule has 1 aliphatic rings. The highest BCUT2D eigenvalue weighted by atomic mass is 19.1. The van der Waals surface area contributed by atoms with E-state index in [1.165, 1.54) is 0 Å². The summed E-state index contributed by atoms with van der Waals surface area (Å²) < 4.78 is 19.9. The summed E-state index contributed by atoms with van der Waals surface area (Å²) in [4.78, 5) is 8.40. The number of methoxy groups -OCH3 is 1. The van der Waals surface area contributed by atoms with Crippen LogP contribution in [0.25, 0.3) is 0 Å². The first-order chi connectivity index (χ1) is 8.69. The van der Waals surface area contributed by atoms with Gasteiger partial charge in [-0.1, -0.05) is 13.3 Å². The van der Waals surface area contributed by atoms with Crippen LogP contribution in [0.5, 0.6) is 5.88 Å². The van der Waals surface area contributed by atoms with Crippen LogP contribution in [-0.4, -0.2) is 35.8 Å². The molecule has 1 aromatic rings. The maximum atomic E-state index is 15.0. The lowest BCUT2D eigenvalue weighted by Gasteiger charge is -2.37. The predicted octanol–water partition coefficient (Wildman–Crippen LogP) is 2.07. The zero-order chi connectivity index (χ0) is 13.0. The first-order valence-electron chi connectivity index (χ1n) is 6.45. The van der Waals surface area contributed by atoms with E-state index in [2.05, 4.69) is 15.3 Å². The standard InChI is InChI=1S/C13H20FN3O/c1-3-4-13(14)5-6-15-7-10(13)11-8-17-12(18-2)9-16-11/h8-10,15H,3-7H2,1-2H3. The van der Waals surface area contributed by atoms with Crippen LogP contribution in [0.1, 0.15) is 37.8 Å². The van der Waals surface area contributed by atoms with Crippen molar-refractivity contribution in [2.45, 2.75) is 37.8 Å². The Balaban J connectivity index is 2.22. The number of rotatable bonds is 4. The summed E-state index contributed by atoms with van der Waals surface area (Å²) in [6.45, 7) is 3.37. The van der Waals surface area contributed by atoms with Crippen LogP contribution in [0, 0.1) is 0 Å². The molecule has 0 spiro atoms. The normalized spacial score (nSPS) is 28.1. The van der Waals surface area contributed by atoms with E-state index in [0.717, 1.165) is 13.0 Å². The fraction of sp³-hybridized carbons (Fsp3) is 0.692. The number of hydrogen-bond donors (Lipinski definition) is 1. The molecule has 1 fully saturated rings. The Morgan fingerprint density at radius 2 is 2.33 bits per heavy atom. The number of alkyl halides is 1. The Hall–Kier alpha value is -1.23. The van der Waals surface area contributed by atoms with Gasteiger partial charge >= 0.3 is 0 Å². The highest BCUT2D eigenvalue weighted by Gasteiger charge is 2.42. The smallest absolute Gasteiger partial charge is 0.231 e. The van der Waals surface area contributed by atoms with Crippen LogP contribution in [0.2, 0.25) is 0 Å². The molecule has 2 atom stereocenters. The third-order valence-corrected chi connectivity index (χ3v) is 3.57. The van der Waals surface area contributed by atoms with Gasteiger partial charge in [0, 0.05) is 12.5 Å². The van der Waals surface area contributed by atoms with Crippen molar-refractivity contribution < 1.29 is 9.13 Å². The molecule has 2 rings (SSSR count). The van der Waals surface area contributed by atoms with Gasteiger partial charge in [0.25, 0.3) is 0 Å².